The summed E-state index contributed by atoms with van der Waals surface area (Å²) in [6, 6.07) is 6.76. The van der Waals surface area contributed by atoms with Crippen LogP contribution in [0.1, 0.15) is 105 Å². The summed E-state index contributed by atoms with van der Waals surface area (Å²) in [5.41, 5.74) is 5.13. The number of nitrogens with one attached hydrogen (secondary N) is 3. The zero-order chi connectivity index (χ0) is 39.7. The Balaban J connectivity index is 1.42. The second-order valence-corrected chi connectivity index (χ2v) is 16.3. The highest BCUT2D eigenvalue weighted by molar-refractivity contribution is 5.97. The molecule has 300 valence electrons. The average Bonchev–Trinajstić information content (AvgIpc) is 3.93. The van der Waals surface area contributed by atoms with Crippen molar-refractivity contribution in [3.63, 3.8) is 0 Å². The van der Waals surface area contributed by atoms with Crippen LogP contribution in [0.25, 0.3) is 0 Å². The van der Waals surface area contributed by atoms with Crippen molar-refractivity contribution >= 4 is 35.6 Å². The van der Waals surface area contributed by atoms with Crippen LogP contribution in [0.2, 0.25) is 0 Å². The molecule has 3 aliphatic heterocycles. The van der Waals surface area contributed by atoms with Crippen LogP contribution < -0.4 is 21.7 Å². The number of carbonyl (C=O) groups excluding carboxylic acids is 6. The first-order valence-electron chi connectivity index (χ1n) is 19.9. The molecule has 0 radical (unpaired) electrons. The van der Waals surface area contributed by atoms with Crippen LogP contribution in [0.15, 0.2) is 30.3 Å². The maximum Gasteiger partial charge on any atom is 0.317 e. The van der Waals surface area contributed by atoms with Crippen LogP contribution in [-0.2, 0) is 30.5 Å². The van der Waals surface area contributed by atoms with E-state index in [1.165, 1.54) is 9.80 Å². The number of urea groups is 1. The van der Waals surface area contributed by atoms with Gasteiger partial charge in [-0.1, -0.05) is 65.0 Å². The first-order chi connectivity index (χ1) is 25.6. The highest BCUT2D eigenvalue weighted by Crippen LogP contribution is 2.29. The van der Waals surface area contributed by atoms with Crippen LogP contribution in [0.5, 0.6) is 0 Å². The number of rotatable bonds is 16. The molecule has 3 fully saturated rings. The molecule has 1 aromatic rings. The number of hydrogen-bond donors (Lipinski definition) is 5. The molecule has 4 rings (SSSR count). The normalized spacial score (nSPS) is 22.8. The van der Waals surface area contributed by atoms with Crippen molar-refractivity contribution in [1.29, 1.82) is 0 Å². The molecule has 7 amide bonds. The quantitative estimate of drug-likeness (QED) is 0.171. The Morgan fingerprint density at radius 3 is 2.11 bits per heavy atom. The fraction of sp³-hybridized carbons (Fsp3) is 0.700. The van der Waals surface area contributed by atoms with E-state index in [0.29, 0.717) is 64.7 Å². The Bertz CT molecular complexity index is 1490. The molecule has 3 saturated heterocycles. The lowest BCUT2D eigenvalue weighted by Gasteiger charge is -2.36. The maximum absolute atomic E-state index is 14.1. The number of aliphatic hydroxyl groups excluding tert-OH is 1. The van der Waals surface area contributed by atoms with Gasteiger partial charge in [-0.3, -0.25) is 24.0 Å². The third-order valence-corrected chi connectivity index (χ3v) is 11.5. The van der Waals surface area contributed by atoms with Crippen molar-refractivity contribution in [2.75, 3.05) is 19.6 Å². The smallest absolute Gasteiger partial charge is 0.317 e. The standard InChI is InChI=1S/C40H63N7O7/c1-7-40(6,38(53)43-33(26(4)5)37(52)47-21-13-18-31(47)36(51)46-20-12-17-30(46)34(41)49)44-35(50)29(22-25(2)3)32(48)23-28-16-11-19-45(28)39(54)42-24-27-14-9-8-10-15-27/h8-10,14-15,25-26,28-33,48H,7,11-13,16-24H2,1-6H3,(H2,41,49)(H,42,54)(H,43,53)(H,44,50)/t28-,29+,30-,31-,32-,33+,40-/m1/s1. The second-order valence-electron chi connectivity index (χ2n) is 16.3. The number of carbonyl (C=O) groups is 6. The summed E-state index contributed by atoms with van der Waals surface area (Å²) < 4.78 is 0. The van der Waals surface area contributed by atoms with Gasteiger partial charge in [-0.25, -0.2) is 4.79 Å². The van der Waals surface area contributed by atoms with Crippen molar-refractivity contribution < 1.29 is 33.9 Å². The number of likely N-dealkylation sites (tertiary alicyclic amines) is 3. The summed E-state index contributed by atoms with van der Waals surface area (Å²) in [6.45, 7) is 12.6. The topological polar surface area (TPSA) is 194 Å². The zero-order valence-corrected chi connectivity index (χ0v) is 33.0. The molecule has 0 saturated carbocycles. The summed E-state index contributed by atoms with van der Waals surface area (Å²) in [5, 5.41) is 20.4. The van der Waals surface area contributed by atoms with Crippen molar-refractivity contribution in [2.24, 2.45) is 23.5 Å². The number of nitrogens with zero attached hydrogens (tertiary/aromatic N) is 3. The zero-order valence-electron chi connectivity index (χ0n) is 33.0. The molecule has 0 unspecified atom stereocenters. The first-order valence-corrected chi connectivity index (χ1v) is 19.9. The molecule has 0 bridgehead atoms. The van der Waals surface area contributed by atoms with E-state index in [0.717, 1.165) is 12.0 Å². The van der Waals surface area contributed by atoms with Crippen molar-refractivity contribution in [2.45, 2.75) is 142 Å². The third kappa shape index (κ3) is 10.3. The maximum atomic E-state index is 14.1. The van der Waals surface area contributed by atoms with Crippen molar-refractivity contribution in [3.05, 3.63) is 35.9 Å². The fourth-order valence-electron chi connectivity index (χ4n) is 8.08. The van der Waals surface area contributed by atoms with Gasteiger partial charge in [0.1, 0.15) is 23.7 Å². The van der Waals surface area contributed by atoms with Gasteiger partial charge in [0.2, 0.25) is 29.5 Å². The van der Waals surface area contributed by atoms with Gasteiger partial charge in [0.15, 0.2) is 0 Å². The van der Waals surface area contributed by atoms with Gasteiger partial charge in [-0.15, -0.1) is 0 Å². The Morgan fingerprint density at radius 2 is 1.50 bits per heavy atom. The summed E-state index contributed by atoms with van der Waals surface area (Å²) >= 11 is 0. The van der Waals surface area contributed by atoms with Gasteiger partial charge in [0.05, 0.1) is 12.0 Å². The van der Waals surface area contributed by atoms with E-state index < -0.39 is 59.3 Å². The lowest BCUT2D eigenvalue weighted by molar-refractivity contribution is -0.148. The minimum atomic E-state index is -1.42. The highest BCUT2D eigenvalue weighted by Gasteiger charge is 2.45. The fourth-order valence-corrected chi connectivity index (χ4v) is 8.08. The molecular weight excluding hydrogens is 690 g/mol. The third-order valence-electron chi connectivity index (χ3n) is 11.5. The second kappa shape index (κ2) is 18.9. The van der Waals surface area contributed by atoms with Gasteiger partial charge >= 0.3 is 6.03 Å². The summed E-state index contributed by atoms with van der Waals surface area (Å²) in [5.74, 6) is -3.39. The average molecular weight is 754 g/mol. The van der Waals surface area contributed by atoms with Gasteiger partial charge in [-0.2, -0.15) is 0 Å². The van der Waals surface area contributed by atoms with Gasteiger partial charge in [0, 0.05) is 32.2 Å². The largest absolute Gasteiger partial charge is 0.392 e. The lowest BCUT2D eigenvalue weighted by atomic mass is 9.86. The highest BCUT2D eigenvalue weighted by atomic mass is 16.3. The number of benzene rings is 1. The van der Waals surface area contributed by atoms with E-state index in [-0.39, 0.29) is 42.7 Å². The molecular formula is C40H63N7O7. The van der Waals surface area contributed by atoms with Crippen LogP contribution in [0.4, 0.5) is 4.79 Å². The molecule has 7 atom stereocenters. The molecule has 0 spiro atoms. The van der Waals surface area contributed by atoms with E-state index in [1.807, 2.05) is 58.0 Å². The number of primary amides is 1. The van der Waals surface area contributed by atoms with Crippen molar-refractivity contribution in [1.82, 2.24) is 30.7 Å². The number of amides is 7. The molecule has 6 N–H and O–H groups in total. The first kappa shape index (κ1) is 42.5. The van der Waals surface area contributed by atoms with E-state index in [9.17, 15) is 33.9 Å². The minimum Gasteiger partial charge on any atom is -0.392 e. The molecule has 1 aromatic carbocycles. The van der Waals surface area contributed by atoms with Gasteiger partial charge in [-0.05, 0) is 82.1 Å². The Labute approximate surface area is 320 Å². The summed E-state index contributed by atoms with van der Waals surface area (Å²) in [4.78, 5) is 85.7. The van der Waals surface area contributed by atoms with E-state index in [1.54, 1.807) is 18.7 Å². The molecule has 14 heteroatoms. The van der Waals surface area contributed by atoms with E-state index >= 15 is 0 Å². The predicted octanol–water partition coefficient (Wildman–Crippen LogP) is 2.67. The lowest BCUT2D eigenvalue weighted by Crippen LogP contribution is -2.63. The van der Waals surface area contributed by atoms with E-state index in [4.69, 9.17) is 5.73 Å². The predicted molar refractivity (Wildman–Crippen MR) is 204 cm³/mol. The molecule has 14 nitrogen and oxygen atoms in total. The Kier molecular flexibility index (Phi) is 14.9. The van der Waals surface area contributed by atoms with Crippen LogP contribution in [-0.4, -0.2) is 111 Å². The van der Waals surface area contributed by atoms with Gasteiger partial charge in [0.25, 0.3) is 0 Å². The van der Waals surface area contributed by atoms with Crippen LogP contribution in [0, 0.1) is 17.8 Å². The monoisotopic (exact) mass is 753 g/mol. The molecule has 0 aliphatic carbocycles. The van der Waals surface area contributed by atoms with Crippen LogP contribution in [0.3, 0.4) is 0 Å². The molecule has 3 heterocycles. The van der Waals surface area contributed by atoms with E-state index in [2.05, 4.69) is 16.0 Å². The number of hydrogen-bond acceptors (Lipinski definition) is 7. The number of aliphatic hydroxyl groups is 1. The van der Waals surface area contributed by atoms with Crippen molar-refractivity contribution in [3.8, 4) is 0 Å². The van der Waals surface area contributed by atoms with Gasteiger partial charge < -0.3 is 41.5 Å². The SMILES string of the molecule is CC[C@@](C)(NC(=O)[C@@H](CC(C)C)[C@H](O)C[C@H]1CCCN1C(=O)NCc1ccccc1)C(=O)N[C@H](C(=O)N1CCC[C@@H]1C(=O)N1CCC[C@@H]1C(N)=O)C(C)C. The molecule has 54 heavy (non-hydrogen) atoms. The van der Waals surface area contributed by atoms with Crippen LogP contribution >= 0.6 is 0 Å². The number of nitrogens with two attached hydrogens (primary N) is 1. The summed E-state index contributed by atoms with van der Waals surface area (Å²) in [7, 11) is 0. The summed E-state index contributed by atoms with van der Waals surface area (Å²) in [6.07, 6.45) is 3.44. The Morgan fingerprint density at radius 1 is 0.889 bits per heavy atom. The Hall–Kier alpha value is -4.20. The molecule has 0 aromatic heterocycles. The minimum absolute atomic E-state index is 0.0591. The molecule has 3 aliphatic rings.